The smallest absolute Gasteiger partial charge is 0.123 e. The van der Waals surface area contributed by atoms with Gasteiger partial charge in [0.2, 0.25) is 0 Å². The zero-order chi connectivity index (χ0) is 15.2. The van der Waals surface area contributed by atoms with Crippen molar-refractivity contribution in [3.8, 4) is 5.75 Å². The monoisotopic (exact) mass is 294 g/mol. The van der Waals surface area contributed by atoms with E-state index >= 15 is 0 Å². The summed E-state index contributed by atoms with van der Waals surface area (Å²) in [5.41, 5.74) is 6.69. The molecule has 0 amide bonds. The lowest BCUT2D eigenvalue weighted by molar-refractivity contribution is 0.152. The van der Waals surface area contributed by atoms with Crippen molar-refractivity contribution < 1.29 is 9.13 Å². The van der Waals surface area contributed by atoms with Gasteiger partial charge >= 0.3 is 0 Å². The third kappa shape index (κ3) is 4.97. The van der Waals surface area contributed by atoms with Gasteiger partial charge in [0.15, 0.2) is 0 Å². The molecule has 0 spiro atoms. The van der Waals surface area contributed by atoms with Gasteiger partial charge in [-0.1, -0.05) is 6.42 Å². The first-order chi connectivity index (χ1) is 10.1. The van der Waals surface area contributed by atoms with Gasteiger partial charge in [0, 0.05) is 12.1 Å². The topological polar surface area (TPSA) is 38.5 Å². The lowest BCUT2D eigenvalue weighted by Crippen LogP contribution is -2.37. The largest absolute Gasteiger partial charge is 0.493 e. The Bertz CT molecular complexity index is 450. The van der Waals surface area contributed by atoms with Crippen LogP contribution in [0.15, 0.2) is 18.2 Å². The summed E-state index contributed by atoms with van der Waals surface area (Å²) < 4.78 is 19.3. The Morgan fingerprint density at radius 3 is 2.95 bits per heavy atom. The Balaban J connectivity index is 1.90. The fraction of sp³-hybridized carbons (Fsp3) is 0.647. The Hall–Kier alpha value is -1.13. The molecule has 2 unspecified atom stereocenters. The third-order valence-electron chi connectivity index (χ3n) is 4.19. The van der Waals surface area contributed by atoms with E-state index in [0.717, 1.165) is 17.7 Å². The highest BCUT2D eigenvalue weighted by Crippen LogP contribution is 2.23. The summed E-state index contributed by atoms with van der Waals surface area (Å²) in [6.45, 7) is 3.77. The first-order valence-corrected chi connectivity index (χ1v) is 7.93. The number of likely N-dealkylation sites (tertiary alicyclic amines) is 1. The molecule has 0 saturated carbocycles. The van der Waals surface area contributed by atoms with Crippen LogP contribution in [0.1, 0.15) is 38.2 Å². The summed E-state index contributed by atoms with van der Waals surface area (Å²) in [6, 6.07) is 5.31. The summed E-state index contributed by atoms with van der Waals surface area (Å²) in [6.07, 6.45) is 5.50. The van der Waals surface area contributed by atoms with Crippen LogP contribution in [0.4, 0.5) is 4.39 Å². The van der Waals surface area contributed by atoms with Crippen molar-refractivity contribution in [2.45, 2.75) is 51.1 Å². The van der Waals surface area contributed by atoms with Crippen LogP contribution in [0.5, 0.6) is 5.75 Å². The maximum absolute atomic E-state index is 13.4. The summed E-state index contributed by atoms with van der Waals surface area (Å²) in [7, 11) is 2.18. The first kappa shape index (κ1) is 16.2. The van der Waals surface area contributed by atoms with Crippen LogP contribution >= 0.6 is 0 Å². The standard InChI is InChI=1S/C17H27FN2O/c1-13(19)11-14-12-15(18)6-7-17(14)21-10-8-16-5-3-4-9-20(16)2/h6-7,12-13,16H,3-5,8-11,19H2,1-2H3. The summed E-state index contributed by atoms with van der Waals surface area (Å²) in [5.74, 6) is 0.539. The molecule has 1 aromatic carbocycles. The fourth-order valence-corrected chi connectivity index (χ4v) is 3.01. The maximum Gasteiger partial charge on any atom is 0.123 e. The van der Waals surface area contributed by atoms with Gasteiger partial charge in [-0.05, 0) is 70.0 Å². The van der Waals surface area contributed by atoms with E-state index in [2.05, 4.69) is 11.9 Å². The van der Waals surface area contributed by atoms with Gasteiger partial charge in [0.25, 0.3) is 0 Å². The van der Waals surface area contributed by atoms with Crippen LogP contribution in [0.2, 0.25) is 0 Å². The lowest BCUT2D eigenvalue weighted by Gasteiger charge is -2.32. The Morgan fingerprint density at radius 1 is 1.43 bits per heavy atom. The summed E-state index contributed by atoms with van der Waals surface area (Å²) in [5, 5.41) is 0. The van der Waals surface area contributed by atoms with Crippen molar-refractivity contribution in [1.82, 2.24) is 4.90 Å². The fourth-order valence-electron chi connectivity index (χ4n) is 3.01. The molecule has 4 heteroatoms. The molecule has 3 nitrogen and oxygen atoms in total. The molecule has 1 heterocycles. The number of benzene rings is 1. The molecule has 2 rings (SSSR count). The Kier molecular flexibility index (Phi) is 6.00. The van der Waals surface area contributed by atoms with Crippen LogP contribution in [0.3, 0.4) is 0 Å². The van der Waals surface area contributed by atoms with E-state index in [4.69, 9.17) is 10.5 Å². The van der Waals surface area contributed by atoms with Crippen LogP contribution in [-0.2, 0) is 6.42 Å². The molecule has 1 aliphatic rings. The molecule has 1 aromatic rings. The zero-order valence-electron chi connectivity index (χ0n) is 13.1. The molecule has 21 heavy (non-hydrogen) atoms. The number of ether oxygens (including phenoxy) is 1. The molecule has 1 aliphatic heterocycles. The Labute approximate surface area is 127 Å². The second-order valence-electron chi connectivity index (χ2n) is 6.20. The predicted molar refractivity (Wildman–Crippen MR) is 84.1 cm³/mol. The number of piperidine rings is 1. The van der Waals surface area contributed by atoms with Crippen molar-refractivity contribution in [3.63, 3.8) is 0 Å². The lowest BCUT2D eigenvalue weighted by atomic mass is 10.0. The van der Waals surface area contributed by atoms with Gasteiger partial charge in [0.1, 0.15) is 11.6 Å². The van der Waals surface area contributed by atoms with Crippen LogP contribution in [0.25, 0.3) is 0 Å². The second kappa shape index (κ2) is 7.76. The molecule has 2 N–H and O–H groups in total. The molecule has 0 aliphatic carbocycles. The molecular weight excluding hydrogens is 267 g/mol. The molecule has 0 radical (unpaired) electrons. The molecule has 0 bridgehead atoms. The van der Waals surface area contributed by atoms with Crippen LogP contribution in [0, 0.1) is 5.82 Å². The molecule has 118 valence electrons. The van der Waals surface area contributed by atoms with Crippen molar-refractivity contribution in [2.75, 3.05) is 20.2 Å². The normalized spacial score (nSPS) is 21.2. The van der Waals surface area contributed by atoms with E-state index in [9.17, 15) is 4.39 Å². The van der Waals surface area contributed by atoms with Crippen LogP contribution in [-0.4, -0.2) is 37.2 Å². The summed E-state index contributed by atoms with van der Waals surface area (Å²) >= 11 is 0. The number of hydrogen-bond acceptors (Lipinski definition) is 3. The summed E-state index contributed by atoms with van der Waals surface area (Å²) in [4.78, 5) is 2.42. The number of nitrogens with two attached hydrogens (primary N) is 1. The van der Waals surface area contributed by atoms with Crippen molar-refractivity contribution in [1.29, 1.82) is 0 Å². The van der Waals surface area contributed by atoms with E-state index in [0.29, 0.717) is 19.1 Å². The van der Waals surface area contributed by atoms with Crippen molar-refractivity contribution >= 4 is 0 Å². The number of hydrogen-bond donors (Lipinski definition) is 1. The van der Waals surface area contributed by atoms with E-state index in [-0.39, 0.29) is 11.9 Å². The van der Waals surface area contributed by atoms with E-state index in [1.54, 1.807) is 6.07 Å². The minimum atomic E-state index is -0.231. The average Bonchev–Trinajstić information content (AvgIpc) is 2.42. The van der Waals surface area contributed by atoms with E-state index in [1.807, 2.05) is 6.92 Å². The van der Waals surface area contributed by atoms with E-state index in [1.165, 1.54) is 37.9 Å². The molecule has 1 saturated heterocycles. The molecule has 2 atom stereocenters. The minimum Gasteiger partial charge on any atom is -0.493 e. The zero-order valence-corrected chi connectivity index (χ0v) is 13.1. The highest BCUT2D eigenvalue weighted by Gasteiger charge is 2.18. The van der Waals surface area contributed by atoms with Crippen LogP contribution < -0.4 is 10.5 Å². The Morgan fingerprint density at radius 2 is 2.24 bits per heavy atom. The van der Waals surface area contributed by atoms with Gasteiger partial charge in [0.05, 0.1) is 6.61 Å². The highest BCUT2D eigenvalue weighted by molar-refractivity contribution is 5.34. The maximum atomic E-state index is 13.4. The third-order valence-corrected chi connectivity index (χ3v) is 4.19. The second-order valence-corrected chi connectivity index (χ2v) is 6.20. The van der Waals surface area contributed by atoms with E-state index < -0.39 is 0 Å². The molecule has 0 aromatic heterocycles. The van der Waals surface area contributed by atoms with Gasteiger partial charge in [-0.15, -0.1) is 0 Å². The average molecular weight is 294 g/mol. The predicted octanol–water partition coefficient (Wildman–Crippen LogP) is 2.97. The number of rotatable bonds is 6. The van der Waals surface area contributed by atoms with Crippen molar-refractivity contribution in [2.24, 2.45) is 5.73 Å². The number of halogens is 1. The minimum absolute atomic E-state index is 0.00127. The van der Waals surface area contributed by atoms with Gasteiger partial charge in [-0.25, -0.2) is 4.39 Å². The van der Waals surface area contributed by atoms with Gasteiger partial charge < -0.3 is 15.4 Å². The molecule has 1 fully saturated rings. The quantitative estimate of drug-likeness (QED) is 0.876. The van der Waals surface area contributed by atoms with Crippen molar-refractivity contribution in [3.05, 3.63) is 29.6 Å². The highest BCUT2D eigenvalue weighted by atomic mass is 19.1. The molecular formula is C17H27FN2O. The number of nitrogens with zero attached hydrogens (tertiary/aromatic N) is 1. The van der Waals surface area contributed by atoms with Gasteiger partial charge in [-0.3, -0.25) is 0 Å². The first-order valence-electron chi connectivity index (χ1n) is 7.93. The van der Waals surface area contributed by atoms with Gasteiger partial charge in [-0.2, -0.15) is 0 Å². The SMILES string of the molecule is CC(N)Cc1cc(F)ccc1OCCC1CCCCN1C.